The van der Waals surface area contributed by atoms with Crippen LogP contribution in [0.15, 0.2) is 12.2 Å². The number of rotatable bonds is 23. The quantitative estimate of drug-likeness (QED) is 0.102. The highest BCUT2D eigenvalue weighted by Gasteiger charge is 2.24. The van der Waals surface area contributed by atoms with Crippen molar-refractivity contribution in [2.75, 3.05) is 41.0 Å². The Hall–Kier alpha value is -1.44. The van der Waals surface area contributed by atoms with Crippen LogP contribution in [0.1, 0.15) is 96.8 Å². The molecule has 0 heterocycles. The van der Waals surface area contributed by atoms with E-state index in [-0.39, 0.29) is 36.7 Å². The zero-order valence-corrected chi connectivity index (χ0v) is 22.3. The highest BCUT2D eigenvalue weighted by Crippen LogP contribution is 2.10. The Morgan fingerprint density at radius 2 is 1.44 bits per heavy atom. The van der Waals surface area contributed by atoms with E-state index in [4.69, 9.17) is 9.47 Å². The number of ether oxygens (including phenoxy) is 2. The Kier molecular flexibility index (Phi) is 20.0. The Morgan fingerprint density at radius 1 is 0.882 bits per heavy atom. The molecule has 200 valence electrons. The topological polar surface area (TPSA) is 95.9 Å². The number of carbonyl (C=O) groups is 2. The van der Waals surface area contributed by atoms with Crippen LogP contribution in [0.4, 0.5) is 0 Å². The van der Waals surface area contributed by atoms with Crippen molar-refractivity contribution in [3.05, 3.63) is 12.2 Å². The number of hydrogen-bond acceptors (Lipinski definition) is 6. The van der Waals surface area contributed by atoms with Crippen LogP contribution in [-0.4, -0.2) is 74.6 Å². The van der Waals surface area contributed by atoms with Gasteiger partial charge in [-0.1, -0.05) is 64.0 Å². The molecule has 0 aliphatic carbocycles. The monoisotopic (exact) mass is 485 g/mol. The van der Waals surface area contributed by atoms with Gasteiger partial charge in [-0.25, -0.2) is 0 Å². The van der Waals surface area contributed by atoms with Gasteiger partial charge in [0, 0.05) is 12.8 Å². The number of aliphatic hydroxyl groups excluding tert-OH is 1. The third kappa shape index (κ3) is 20.0. The van der Waals surface area contributed by atoms with Gasteiger partial charge < -0.3 is 29.0 Å². The molecule has 0 amide bonds. The lowest BCUT2D eigenvalue weighted by Gasteiger charge is -2.34. The van der Waals surface area contributed by atoms with E-state index in [0.29, 0.717) is 6.42 Å². The predicted molar refractivity (Wildman–Crippen MR) is 134 cm³/mol. The number of aliphatic hydroxyl groups is 1. The van der Waals surface area contributed by atoms with Crippen LogP contribution < -0.4 is 5.11 Å². The van der Waals surface area contributed by atoms with Gasteiger partial charge >= 0.3 is 5.97 Å². The average molecular weight is 486 g/mol. The van der Waals surface area contributed by atoms with Crippen LogP contribution in [0.25, 0.3) is 0 Å². The zero-order chi connectivity index (χ0) is 25.7. The molecule has 0 saturated carbocycles. The Morgan fingerprint density at radius 3 is 2.00 bits per heavy atom. The minimum Gasteiger partial charge on any atom is -0.544 e. The summed E-state index contributed by atoms with van der Waals surface area (Å²) in [4.78, 5) is 23.0. The van der Waals surface area contributed by atoms with Gasteiger partial charge in [-0.15, -0.1) is 0 Å². The first-order valence-corrected chi connectivity index (χ1v) is 13.3. The third-order valence-electron chi connectivity index (χ3n) is 5.88. The standard InChI is InChI=1S/C27H51NO6/c1-5-6-7-8-9-10-11-12-13-14-15-16-17-18-19-26(30)34-23-24(29)22-33-21-20-25(27(31)32)28(2,3)4/h13-14,24-25,29H,5-12,15-23H2,1-4H3/b14-13+. The van der Waals surface area contributed by atoms with Crippen molar-refractivity contribution >= 4 is 11.9 Å². The molecule has 0 aromatic heterocycles. The highest BCUT2D eigenvalue weighted by atomic mass is 16.5. The SMILES string of the molecule is CCCCCCCCC/C=C/CCCCCC(=O)OCC(O)COCCC(C(=O)[O-])[N+](C)(C)C. The van der Waals surface area contributed by atoms with Gasteiger partial charge in [0.05, 0.1) is 40.3 Å². The molecule has 7 nitrogen and oxygen atoms in total. The molecular formula is C27H51NO6. The maximum absolute atomic E-state index is 11.8. The minimum atomic E-state index is -1.12. The molecule has 0 bridgehead atoms. The minimum absolute atomic E-state index is 0.00458. The number of quaternary nitrogens is 1. The number of aliphatic carboxylic acids is 1. The Balaban J connectivity index is 3.60. The van der Waals surface area contributed by atoms with Crippen LogP contribution in [-0.2, 0) is 19.1 Å². The van der Waals surface area contributed by atoms with Gasteiger partial charge in [0.2, 0.25) is 0 Å². The summed E-state index contributed by atoms with van der Waals surface area (Å²) in [5.41, 5.74) is 0. The maximum Gasteiger partial charge on any atom is 0.305 e. The number of likely N-dealkylation sites (N-methyl/N-ethyl adjacent to an activating group) is 1. The first kappa shape index (κ1) is 32.6. The number of hydrogen-bond donors (Lipinski definition) is 1. The van der Waals surface area contributed by atoms with Crippen molar-refractivity contribution in [2.45, 2.75) is 109 Å². The molecule has 0 aromatic rings. The van der Waals surface area contributed by atoms with Crippen molar-refractivity contribution < 1.29 is 33.8 Å². The fraction of sp³-hybridized carbons (Fsp3) is 0.852. The van der Waals surface area contributed by atoms with E-state index in [1.165, 1.54) is 51.4 Å². The molecule has 0 fully saturated rings. The molecule has 0 aliphatic heterocycles. The highest BCUT2D eigenvalue weighted by molar-refractivity contribution is 5.69. The molecule has 34 heavy (non-hydrogen) atoms. The summed E-state index contributed by atoms with van der Waals surface area (Å²) in [5, 5.41) is 21.1. The first-order valence-electron chi connectivity index (χ1n) is 13.3. The van der Waals surface area contributed by atoms with E-state index >= 15 is 0 Å². The fourth-order valence-electron chi connectivity index (χ4n) is 3.71. The van der Waals surface area contributed by atoms with Crippen LogP contribution >= 0.6 is 0 Å². The van der Waals surface area contributed by atoms with E-state index in [2.05, 4.69) is 19.1 Å². The third-order valence-corrected chi connectivity index (χ3v) is 5.88. The smallest absolute Gasteiger partial charge is 0.305 e. The van der Waals surface area contributed by atoms with Crippen LogP contribution in [0.3, 0.4) is 0 Å². The van der Waals surface area contributed by atoms with Crippen molar-refractivity contribution in [2.24, 2.45) is 0 Å². The van der Waals surface area contributed by atoms with E-state index < -0.39 is 18.1 Å². The molecule has 1 N–H and O–H groups in total. The maximum atomic E-state index is 11.8. The van der Waals surface area contributed by atoms with Crippen molar-refractivity contribution in [3.8, 4) is 0 Å². The lowest BCUT2D eigenvalue weighted by molar-refractivity contribution is -0.889. The molecular weight excluding hydrogens is 434 g/mol. The van der Waals surface area contributed by atoms with Gasteiger partial charge in [-0.3, -0.25) is 4.79 Å². The zero-order valence-electron chi connectivity index (χ0n) is 22.3. The number of allylic oxidation sites excluding steroid dienone is 2. The normalized spacial score (nSPS) is 13.8. The number of nitrogens with zero attached hydrogens (tertiary/aromatic N) is 1. The van der Waals surface area contributed by atoms with Crippen molar-refractivity contribution in [1.29, 1.82) is 0 Å². The van der Waals surface area contributed by atoms with E-state index in [1.807, 2.05) is 0 Å². The second-order valence-electron chi connectivity index (χ2n) is 10.1. The number of esters is 1. The number of carbonyl (C=O) groups excluding carboxylic acids is 2. The molecule has 0 aromatic carbocycles. The number of unbranched alkanes of at least 4 members (excludes halogenated alkanes) is 10. The molecule has 2 atom stereocenters. The predicted octanol–water partition coefficient (Wildman–Crippen LogP) is 3.77. The van der Waals surface area contributed by atoms with Crippen molar-refractivity contribution in [1.82, 2.24) is 0 Å². The van der Waals surface area contributed by atoms with Gasteiger partial charge in [0.15, 0.2) is 0 Å². The molecule has 2 unspecified atom stereocenters. The van der Waals surface area contributed by atoms with Crippen LogP contribution in [0, 0.1) is 0 Å². The number of carboxylic acid groups (broad SMARTS) is 1. The molecule has 0 radical (unpaired) electrons. The largest absolute Gasteiger partial charge is 0.544 e. The van der Waals surface area contributed by atoms with E-state index in [9.17, 15) is 19.8 Å². The summed E-state index contributed by atoms with van der Waals surface area (Å²) in [6.45, 7) is 2.32. The van der Waals surface area contributed by atoms with Gasteiger partial charge in [0.25, 0.3) is 0 Å². The van der Waals surface area contributed by atoms with Gasteiger partial charge in [-0.2, -0.15) is 0 Å². The average Bonchev–Trinajstić information content (AvgIpc) is 2.76. The number of carboxylic acids is 1. The van der Waals surface area contributed by atoms with Gasteiger partial charge in [-0.05, 0) is 32.1 Å². The van der Waals surface area contributed by atoms with Crippen LogP contribution in [0.2, 0.25) is 0 Å². The second kappa shape index (κ2) is 20.9. The molecule has 0 spiro atoms. The van der Waals surface area contributed by atoms with Crippen molar-refractivity contribution in [3.63, 3.8) is 0 Å². The van der Waals surface area contributed by atoms with Crippen LogP contribution in [0.5, 0.6) is 0 Å². The van der Waals surface area contributed by atoms with E-state index in [1.54, 1.807) is 21.1 Å². The molecule has 0 saturated heterocycles. The Labute approximate surface area is 208 Å². The summed E-state index contributed by atoms with van der Waals surface area (Å²) in [6.07, 6.45) is 18.7. The van der Waals surface area contributed by atoms with Gasteiger partial charge in [0.1, 0.15) is 18.8 Å². The molecule has 7 heteroatoms. The lowest BCUT2D eigenvalue weighted by atomic mass is 10.1. The Bertz CT molecular complexity index is 544. The summed E-state index contributed by atoms with van der Waals surface area (Å²) in [7, 11) is 5.34. The fourth-order valence-corrected chi connectivity index (χ4v) is 3.71. The second-order valence-corrected chi connectivity index (χ2v) is 10.1. The molecule has 0 aliphatic rings. The summed E-state index contributed by atoms with van der Waals surface area (Å²) < 4.78 is 10.7. The molecule has 0 rings (SSSR count). The van der Waals surface area contributed by atoms with E-state index in [0.717, 1.165) is 25.7 Å². The lowest BCUT2D eigenvalue weighted by Crippen LogP contribution is -2.55. The summed E-state index contributed by atoms with van der Waals surface area (Å²) >= 11 is 0. The summed E-state index contributed by atoms with van der Waals surface area (Å²) in [6, 6.07) is -0.685. The first-order chi connectivity index (χ1) is 16.2. The summed E-state index contributed by atoms with van der Waals surface area (Å²) in [5.74, 6) is -1.43.